The lowest BCUT2D eigenvalue weighted by molar-refractivity contribution is 0.655. The lowest BCUT2D eigenvalue weighted by atomic mass is 10.0. The Morgan fingerprint density at radius 1 is 0.431 bits per heavy atom. The standard InChI is InChI=1S/C24H25Br2NOS.C24H25Cl2NOS/c2*25-22-12-8-20(9-13-22)24(21-10-14-23(26)15-11-21)29(28)18-17-27-16-4-7-19-5-2-1-3-6-19/h2*1-3,5-6,8-15,24,27H,4,7,16-18H2. The second kappa shape index (κ2) is 25.6. The van der Waals surface area contributed by atoms with E-state index in [1.807, 2.05) is 84.9 Å². The molecule has 0 heterocycles. The van der Waals surface area contributed by atoms with Crippen LogP contribution in [0.15, 0.2) is 167 Å². The highest BCUT2D eigenvalue weighted by molar-refractivity contribution is 9.10. The van der Waals surface area contributed by atoms with Gasteiger partial charge >= 0.3 is 0 Å². The predicted octanol–water partition coefficient (Wildman–Crippen LogP) is 12.3. The molecule has 0 saturated carbocycles. The summed E-state index contributed by atoms with van der Waals surface area (Å²) in [5, 5.41) is 7.91. The average molecular weight is 982 g/mol. The topological polar surface area (TPSA) is 58.2 Å². The van der Waals surface area contributed by atoms with E-state index in [0.717, 1.165) is 83.1 Å². The number of halogens is 4. The van der Waals surface area contributed by atoms with Crippen molar-refractivity contribution in [3.8, 4) is 0 Å². The van der Waals surface area contributed by atoms with Crippen LogP contribution in [0.25, 0.3) is 0 Å². The molecule has 58 heavy (non-hydrogen) atoms. The summed E-state index contributed by atoms with van der Waals surface area (Å²) in [7, 11) is -2.07. The molecule has 0 fully saturated rings. The molecule has 0 aliphatic carbocycles. The predicted molar refractivity (Wildman–Crippen MR) is 256 cm³/mol. The van der Waals surface area contributed by atoms with E-state index in [1.54, 1.807) is 0 Å². The van der Waals surface area contributed by atoms with Gasteiger partial charge in [-0.1, -0.05) is 164 Å². The van der Waals surface area contributed by atoms with Crippen LogP contribution >= 0.6 is 55.1 Å². The first-order chi connectivity index (χ1) is 28.3. The number of rotatable bonds is 20. The maximum absolute atomic E-state index is 13.2. The van der Waals surface area contributed by atoms with Crippen molar-refractivity contribution in [1.29, 1.82) is 0 Å². The molecule has 6 rings (SSSR count). The minimum Gasteiger partial charge on any atom is -0.316 e. The maximum Gasteiger partial charge on any atom is 0.0847 e. The number of aryl methyl sites for hydroxylation is 2. The van der Waals surface area contributed by atoms with Crippen molar-refractivity contribution in [3.63, 3.8) is 0 Å². The lowest BCUT2D eigenvalue weighted by Crippen LogP contribution is -2.24. The van der Waals surface area contributed by atoms with Gasteiger partial charge in [0.25, 0.3) is 0 Å². The van der Waals surface area contributed by atoms with Crippen LogP contribution in [0.3, 0.4) is 0 Å². The van der Waals surface area contributed by atoms with Gasteiger partial charge in [0.1, 0.15) is 0 Å². The lowest BCUT2D eigenvalue weighted by Gasteiger charge is -2.18. The zero-order valence-corrected chi connectivity index (χ0v) is 38.7. The molecule has 0 saturated heterocycles. The Morgan fingerprint density at radius 2 is 0.741 bits per heavy atom. The molecule has 0 aromatic heterocycles. The molecular weight excluding hydrogens is 931 g/mol. The summed E-state index contributed by atoms with van der Waals surface area (Å²) >= 11 is 19.0. The fraction of sp³-hybridized carbons (Fsp3) is 0.250. The Bertz CT molecular complexity index is 1860. The largest absolute Gasteiger partial charge is 0.316 e. The van der Waals surface area contributed by atoms with Crippen LogP contribution in [0.5, 0.6) is 0 Å². The quantitative estimate of drug-likeness (QED) is 0.0749. The smallest absolute Gasteiger partial charge is 0.0847 e. The number of hydrogen-bond acceptors (Lipinski definition) is 4. The Morgan fingerprint density at radius 3 is 1.07 bits per heavy atom. The molecule has 6 aromatic rings. The summed E-state index contributed by atoms with van der Waals surface area (Å²) in [6, 6.07) is 52.5. The van der Waals surface area contributed by atoms with Gasteiger partial charge in [0, 0.05) is 65.2 Å². The van der Waals surface area contributed by atoms with Gasteiger partial charge in [0.05, 0.1) is 10.5 Å². The van der Waals surface area contributed by atoms with Crippen LogP contribution in [0.2, 0.25) is 10.0 Å². The van der Waals surface area contributed by atoms with Crippen molar-refractivity contribution in [2.75, 3.05) is 37.7 Å². The molecule has 304 valence electrons. The van der Waals surface area contributed by atoms with Gasteiger partial charge in [0.2, 0.25) is 0 Å². The van der Waals surface area contributed by atoms with E-state index in [0.29, 0.717) is 21.6 Å². The molecule has 2 atom stereocenters. The minimum atomic E-state index is -1.06. The van der Waals surface area contributed by atoms with E-state index in [9.17, 15) is 8.42 Å². The van der Waals surface area contributed by atoms with Crippen molar-refractivity contribution in [2.24, 2.45) is 0 Å². The highest BCUT2D eigenvalue weighted by atomic mass is 79.9. The van der Waals surface area contributed by atoms with Crippen LogP contribution in [-0.2, 0) is 34.4 Å². The highest BCUT2D eigenvalue weighted by Crippen LogP contribution is 2.32. The van der Waals surface area contributed by atoms with Crippen LogP contribution < -0.4 is 10.6 Å². The zero-order chi connectivity index (χ0) is 41.0. The zero-order valence-electron chi connectivity index (χ0n) is 32.4. The molecule has 0 aliphatic heterocycles. The fourth-order valence-corrected chi connectivity index (χ4v) is 10.3. The van der Waals surface area contributed by atoms with Gasteiger partial charge in [-0.05, 0) is 121 Å². The molecule has 0 aliphatic rings. The highest BCUT2D eigenvalue weighted by Gasteiger charge is 2.22. The molecule has 0 bridgehead atoms. The van der Waals surface area contributed by atoms with Crippen molar-refractivity contribution in [1.82, 2.24) is 10.6 Å². The second-order valence-electron chi connectivity index (χ2n) is 13.8. The second-order valence-corrected chi connectivity index (χ2v) is 19.8. The third-order valence-electron chi connectivity index (χ3n) is 9.50. The molecule has 2 unspecified atom stereocenters. The summed E-state index contributed by atoms with van der Waals surface area (Å²) in [4.78, 5) is 0. The number of hydrogen-bond donors (Lipinski definition) is 2. The SMILES string of the molecule is O=S(CCNCCCc1ccccc1)C(c1ccc(Br)cc1)c1ccc(Br)cc1.O=S(CCNCCCc1ccccc1)C(c1ccc(Cl)cc1)c1ccc(Cl)cc1. The van der Waals surface area contributed by atoms with Crippen molar-refractivity contribution >= 4 is 76.7 Å². The van der Waals surface area contributed by atoms with Crippen LogP contribution in [0, 0.1) is 0 Å². The first-order valence-corrected chi connectivity index (χ1v) is 24.6. The van der Waals surface area contributed by atoms with Gasteiger partial charge in [0.15, 0.2) is 0 Å². The normalized spacial score (nSPS) is 12.2. The number of nitrogens with one attached hydrogen (secondary N) is 2. The van der Waals surface area contributed by atoms with E-state index in [1.165, 1.54) is 11.1 Å². The first kappa shape index (κ1) is 46.2. The summed E-state index contributed by atoms with van der Waals surface area (Å²) in [6.07, 6.45) is 4.26. The number of benzene rings is 6. The summed E-state index contributed by atoms with van der Waals surface area (Å²) in [6.45, 7) is 3.33. The Hall–Kier alpha value is -2.92. The Kier molecular flexibility index (Phi) is 20.4. The van der Waals surface area contributed by atoms with Gasteiger partial charge in [-0.2, -0.15) is 0 Å². The van der Waals surface area contributed by atoms with Crippen molar-refractivity contribution in [2.45, 2.75) is 36.2 Å². The van der Waals surface area contributed by atoms with Gasteiger partial charge in [-0.25, -0.2) is 0 Å². The molecule has 2 N–H and O–H groups in total. The third-order valence-corrected chi connectivity index (χ3v) is 14.4. The molecule has 0 spiro atoms. The molecule has 6 aromatic carbocycles. The summed E-state index contributed by atoms with van der Waals surface area (Å²) < 4.78 is 28.4. The molecular formula is C48H50Br2Cl2N2O2S2. The van der Waals surface area contributed by atoms with E-state index < -0.39 is 21.6 Å². The minimum absolute atomic E-state index is 0.123. The third kappa shape index (κ3) is 15.9. The Labute approximate surface area is 376 Å². The van der Waals surface area contributed by atoms with E-state index in [4.69, 9.17) is 23.2 Å². The summed E-state index contributed by atoms with van der Waals surface area (Å²) in [5.74, 6) is 1.21. The van der Waals surface area contributed by atoms with E-state index >= 15 is 0 Å². The van der Waals surface area contributed by atoms with Gasteiger partial charge in [-0.3, -0.25) is 8.42 Å². The monoisotopic (exact) mass is 978 g/mol. The van der Waals surface area contributed by atoms with Crippen LogP contribution in [0.1, 0.15) is 56.7 Å². The van der Waals surface area contributed by atoms with Crippen molar-refractivity contribution < 1.29 is 8.42 Å². The van der Waals surface area contributed by atoms with Crippen LogP contribution in [0.4, 0.5) is 0 Å². The van der Waals surface area contributed by atoms with Crippen molar-refractivity contribution in [3.05, 3.63) is 210 Å². The van der Waals surface area contributed by atoms with E-state index in [-0.39, 0.29) is 10.5 Å². The molecule has 0 amide bonds. The first-order valence-electron chi connectivity index (χ1n) is 19.5. The van der Waals surface area contributed by atoms with E-state index in [2.05, 4.69) is 115 Å². The molecule has 0 radical (unpaired) electrons. The fourth-order valence-electron chi connectivity index (χ4n) is 6.50. The maximum atomic E-state index is 13.2. The summed E-state index contributed by atoms with van der Waals surface area (Å²) in [5.41, 5.74) is 6.88. The van der Waals surface area contributed by atoms with Crippen LogP contribution in [-0.4, -0.2) is 46.1 Å². The van der Waals surface area contributed by atoms with Gasteiger partial charge in [-0.15, -0.1) is 0 Å². The Balaban J connectivity index is 0.000000221. The molecule has 4 nitrogen and oxygen atoms in total. The van der Waals surface area contributed by atoms with Gasteiger partial charge < -0.3 is 10.6 Å². The molecule has 10 heteroatoms. The average Bonchev–Trinajstić information content (AvgIpc) is 3.24.